The van der Waals surface area contributed by atoms with Crippen LogP contribution in [0.5, 0.6) is 0 Å². The number of hydrogen-bond donors (Lipinski definition) is 1. The number of nitrogens with one attached hydrogen (secondary N) is 1. The first-order valence-corrected chi connectivity index (χ1v) is 7.08. The van der Waals surface area contributed by atoms with Crippen LogP contribution in [0.3, 0.4) is 0 Å². The molecule has 1 aliphatic rings. The highest BCUT2D eigenvalue weighted by Crippen LogP contribution is 2.15. The Labute approximate surface area is 86.8 Å². The van der Waals surface area contributed by atoms with Gasteiger partial charge in [0.1, 0.15) is 0 Å². The van der Waals surface area contributed by atoms with Gasteiger partial charge >= 0.3 is 0 Å². The molecule has 1 aliphatic heterocycles. The summed E-state index contributed by atoms with van der Waals surface area (Å²) in [5.41, 5.74) is 0. The average molecular weight is 221 g/mol. The summed E-state index contributed by atoms with van der Waals surface area (Å²) in [5.74, 6) is 1.22. The quantitative estimate of drug-likeness (QED) is 0.558. The maximum absolute atomic E-state index is 11.4. The van der Waals surface area contributed by atoms with E-state index in [-0.39, 0.29) is 11.8 Å². The van der Waals surface area contributed by atoms with Crippen LogP contribution in [0.2, 0.25) is 0 Å². The van der Waals surface area contributed by atoms with Crippen LogP contribution in [0.15, 0.2) is 0 Å². The van der Waals surface area contributed by atoms with Crippen molar-refractivity contribution < 1.29 is 9.53 Å². The largest absolute Gasteiger partial charge is 0.381 e. The molecule has 76 valence electrons. The smallest absolute Gasteiger partial charge is 0.225 e. The Balaban J connectivity index is 2.03. The van der Waals surface area contributed by atoms with Crippen LogP contribution in [0.25, 0.3) is 0 Å². The molecule has 1 heterocycles. The van der Waals surface area contributed by atoms with Crippen LogP contribution in [0.1, 0.15) is 6.42 Å². The summed E-state index contributed by atoms with van der Waals surface area (Å²) in [4.78, 5) is 11.4. The van der Waals surface area contributed by atoms with Crippen molar-refractivity contribution in [2.75, 3.05) is 31.8 Å². The molecule has 0 aromatic carbocycles. The molecule has 3 nitrogen and oxygen atoms in total. The van der Waals surface area contributed by atoms with Crippen molar-refractivity contribution in [3.63, 3.8) is 0 Å². The van der Waals surface area contributed by atoms with Crippen molar-refractivity contribution in [2.45, 2.75) is 6.42 Å². The Kier molecular flexibility index (Phi) is 5.66. The maximum atomic E-state index is 11.4. The number of hydrogen-bond acceptors (Lipinski definition) is 4. The van der Waals surface area contributed by atoms with Crippen molar-refractivity contribution in [1.82, 2.24) is 5.32 Å². The van der Waals surface area contributed by atoms with E-state index in [4.69, 9.17) is 4.74 Å². The van der Waals surface area contributed by atoms with Gasteiger partial charge in [-0.2, -0.15) is 0 Å². The molecule has 1 atom stereocenters. The summed E-state index contributed by atoms with van der Waals surface area (Å²) in [6, 6.07) is 0. The monoisotopic (exact) mass is 221 g/mol. The lowest BCUT2D eigenvalue weighted by atomic mass is 10.1. The van der Waals surface area contributed by atoms with Crippen LogP contribution in [-0.4, -0.2) is 37.7 Å². The predicted octanol–water partition coefficient (Wildman–Crippen LogP) is 1.15. The number of rotatable bonds is 5. The zero-order valence-corrected chi connectivity index (χ0v) is 9.38. The first-order valence-electron chi connectivity index (χ1n) is 4.35. The van der Waals surface area contributed by atoms with Crippen LogP contribution >= 0.6 is 21.6 Å². The topological polar surface area (TPSA) is 38.3 Å². The van der Waals surface area contributed by atoms with Crippen LogP contribution in [0, 0.1) is 5.92 Å². The average Bonchev–Trinajstić information content (AvgIpc) is 2.65. The van der Waals surface area contributed by atoms with Gasteiger partial charge in [-0.05, 0) is 12.7 Å². The SMILES string of the molecule is CSSCCNC(=O)C1CCOC1. The molecule has 13 heavy (non-hydrogen) atoms. The lowest BCUT2D eigenvalue weighted by Crippen LogP contribution is -2.32. The second-order valence-electron chi connectivity index (χ2n) is 2.84. The van der Waals surface area contributed by atoms with E-state index in [0.717, 1.165) is 25.3 Å². The van der Waals surface area contributed by atoms with E-state index in [1.165, 1.54) is 0 Å². The van der Waals surface area contributed by atoms with Gasteiger partial charge in [-0.3, -0.25) is 4.79 Å². The second kappa shape index (κ2) is 6.56. The first-order chi connectivity index (χ1) is 6.34. The highest BCUT2D eigenvalue weighted by molar-refractivity contribution is 8.76. The molecule has 1 saturated heterocycles. The van der Waals surface area contributed by atoms with Gasteiger partial charge in [-0.25, -0.2) is 0 Å². The van der Waals surface area contributed by atoms with Gasteiger partial charge in [0.15, 0.2) is 0 Å². The summed E-state index contributed by atoms with van der Waals surface area (Å²) in [6.45, 7) is 2.10. The van der Waals surface area contributed by atoms with E-state index in [0.29, 0.717) is 6.61 Å². The summed E-state index contributed by atoms with van der Waals surface area (Å²) < 4.78 is 5.14. The molecule has 0 bridgehead atoms. The third-order valence-corrected chi connectivity index (χ3v) is 3.72. The molecule has 1 fully saturated rings. The van der Waals surface area contributed by atoms with Gasteiger partial charge in [0, 0.05) is 18.9 Å². The van der Waals surface area contributed by atoms with Crippen molar-refractivity contribution >= 4 is 27.5 Å². The molecular formula is C8H15NO2S2. The highest BCUT2D eigenvalue weighted by Gasteiger charge is 2.22. The fraction of sp³-hybridized carbons (Fsp3) is 0.875. The number of carbonyl (C=O) groups is 1. The van der Waals surface area contributed by atoms with E-state index >= 15 is 0 Å². The molecule has 0 spiro atoms. The Morgan fingerprint density at radius 2 is 2.54 bits per heavy atom. The van der Waals surface area contributed by atoms with Gasteiger partial charge in [0.05, 0.1) is 12.5 Å². The molecule has 0 aromatic heterocycles. The Hall–Kier alpha value is 0.130. The number of amides is 1. The van der Waals surface area contributed by atoms with Crippen LogP contribution in [0.4, 0.5) is 0 Å². The highest BCUT2D eigenvalue weighted by atomic mass is 33.1. The number of carbonyl (C=O) groups excluding carboxylic acids is 1. The molecular weight excluding hydrogens is 206 g/mol. The molecule has 1 rings (SSSR count). The van der Waals surface area contributed by atoms with E-state index in [1.54, 1.807) is 21.6 Å². The van der Waals surface area contributed by atoms with E-state index in [1.807, 2.05) is 6.26 Å². The summed E-state index contributed by atoms with van der Waals surface area (Å²) >= 11 is 0. The van der Waals surface area contributed by atoms with Gasteiger partial charge in [0.2, 0.25) is 5.91 Å². The Morgan fingerprint density at radius 1 is 1.69 bits per heavy atom. The lowest BCUT2D eigenvalue weighted by Gasteiger charge is -2.07. The summed E-state index contributed by atoms with van der Waals surface area (Å²) in [6.07, 6.45) is 2.92. The fourth-order valence-electron chi connectivity index (χ4n) is 1.18. The van der Waals surface area contributed by atoms with Crippen LogP contribution < -0.4 is 5.32 Å². The molecule has 5 heteroatoms. The first kappa shape index (κ1) is 11.2. The van der Waals surface area contributed by atoms with Gasteiger partial charge < -0.3 is 10.1 Å². The van der Waals surface area contributed by atoms with Gasteiger partial charge in [0.25, 0.3) is 0 Å². The third kappa shape index (κ3) is 4.24. The minimum absolute atomic E-state index is 0.0966. The Morgan fingerprint density at radius 3 is 3.15 bits per heavy atom. The molecule has 1 unspecified atom stereocenters. The predicted molar refractivity (Wildman–Crippen MR) is 57.9 cm³/mol. The third-order valence-electron chi connectivity index (χ3n) is 1.90. The van der Waals surface area contributed by atoms with Crippen molar-refractivity contribution in [2.24, 2.45) is 5.92 Å². The molecule has 0 aromatic rings. The molecule has 0 radical (unpaired) electrons. The second-order valence-corrected chi connectivity index (χ2v) is 5.52. The lowest BCUT2D eigenvalue weighted by molar-refractivity contribution is -0.124. The standard InChI is InChI=1S/C8H15NO2S2/c1-12-13-5-3-9-8(10)7-2-4-11-6-7/h7H,2-6H2,1H3,(H,9,10). The zero-order chi connectivity index (χ0) is 9.52. The molecule has 1 amide bonds. The number of ether oxygens (including phenoxy) is 1. The molecule has 0 saturated carbocycles. The van der Waals surface area contributed by atoms with Gasteiger partial charge in [-0.15, -0.1) is 0 Å². The minimum atomic E-state index is 0.0966. The normalized spacial score (nSPS) is 21.8. The molecule has 1 N–H and O–H groups in total. The molecule has 0 aliphatic carbocycles. The van der Waals surface area contributed by atoms with Crippen LogP contribution in [-0.2, 0) is 9.53 Å². The summed E-state index contributed by atoms with van der Waals surface area (Å²) in [5, 5.41) is 2.91. The van der Waals surface area contributed by atoms with Crippen molar-refractivity contribution in [1.29, 1.82) is 0 Å². The van der Waals surface area contributed by atoms with Crippen molar-refractivity contribution in [3.8, 4) is 0 Å². The maximum Gasteiger partial charge on any atom is 0.225 e. The Bertz CT molecular complexity index is 160. The fourth-order valence-corrected chi connectivity index (χ4v) is 2.29. The minimum Gasteiger partial charge on any atom is -0.381 e. The van der Waals surface area contributed by atoms with Gasteiger partial charge in [-0.1, -0.05) is 21.6 Å². The van der Waals surface area contributed by atoms with E-state index in [9.17, 15) is 4.79 Å². The van der Waals surface area contributed by atoms with E-state index in [2.05, 4.69) is 5.32 Å². The summed E-state index contributed by atoms with van der Waals surface area (Å²) in [7, 11) is 3.49. The van der Waals surface area contributed by atoms with E-state index < -0.39 is 0 Å². The van der Waals surface area contributed by atoms with Crippen molar-refractivity contribution in [3.05, 3.63) is 0 Å². The zero-order valence-electron chi connectivity index (χ0n) is 7.75.